The standard InChI is InChI=1S/C20H21FN2O2S/c1-20(2,22)12-23-19(24)18-16(15-5-3-4-6-17(15)25-18)11-26-14-9-7-13(21)8-10-14/h3-10H,11-12,22H2,1-2H3,(H,23,24). The number of para-hydroxylation sites is 1. The molecule has 1 heterocycles. The second kappa shape index (κ2) is 7.51. The molecule has 3 rings (SSSR count). The summed E-state index contributed by atoms with van der Waals surface area (Å²) in [6, 6.07) is 13.8. The molecule has 3 N–H and O–H groups in total. The van der Waals surface area contributed by atoms with Gasteiger partial charge in [-0.05, 0) is 44.2 Å². The van der Waals surface area contributed by atoms with Gasteiger partial charge in [0.05, 0.1) is 0 Å². The highest BCUT2D eigenvalue weighted by molar-refractivity contribution is 7.98. The summed E-state index contributed by atoms with van der Waals surface area (Å²) in [5, 5.41) is 3.73. The summed E-state index contributed by atoms with van der Waals surface area (Å²) in [4.78, 5) is 13.5. The van der Waals surface area contributed by atoms with Crippen LogP contribution in [0.25, 0.3) is 11.0 Å². The molecule has 1 amide bonds. The van der Waals surface area contributed by atoms with Gasteiger partial charge in [0, 0.05) is 33.7 Å². The van der Waals surface area contributed by atoms with Crippen molar-refractivity contribution < 1.29 is 13.6 Å². The zero-order valence-electron chi connectivity index (χ0n) is 14.7. The van der Waals surface area contributed by atoms with Gasteiger partial charge in [0.1, 0.15) is 11.4 Å². The van der Waals surface area contributed by atoms with Gasteiger partial charge < -0.3 is 15.5 Å². The number of carbonyl (C=O) groups excluding carboxylic acids is 1. The van der Waals surface area contributed by atoms with E-state index in [1.807, 2.05) is 38.1 Å². The average molecular weight is 372 g/mol. The summed E-state index contributed by atoms with van der Waals surface area (Å²) in [5.74, 6) is 0.282. The first-order valence-corrected chi connectivity index (χ1v) is 9.28. The van der Waals surface area contributed by atoms with Crippen LogP contribution >= 0.6 is 11.8 Å². The van der Waals surface area contributed by atoms with Gasteiger partial charge in [0.25, 0.3) is 5.91 Å². The SMILES string of the molecule is CC(C)(N)CNC(=O)c1oc2ccccc2c1CSc1ccc(F)cc1. The molecule has 0 saturated carbocycles. The summed E-state index contributed by atoms with van der Waals surface area (Å²) < 4.78 is 18.9. The Morgan fingerprint density at radius 1 is 1.19 bits per heavy atom. The minimum Gasteiger partial charge on any atom is -0.451 e. The molecular weight excluding hydrogens is 351 g/mol. The molecular formula is C20H21FN2O2S. The zero-order chi connectivity index (χ0) is 18.7. The number of carbonyl (C=O) groups is 1. The Kier molecular flexibility index (Phi) is 5.34. The molecule has 0 unspecified atom stereocenters. The Hall–Kier alpha value is -2.31. The third kappa shape index (κ3) is 4.45. The second-order valence-electron chi connectivity index (χ2n) is 6.82. The number of thioether (sulfide) groups is 1. The molecule has 0 spiro atoms. The van der Waals surface area contributed by atoms with Crippen molar-refractivity contribution in [2.45, 2.75) is 30.0 Å². The lowest BCUT2D eigenvalue weighted by Crippen LogP contribution is -2.45. The zero-order valence-corrected chi connectivity index (χ0v) is 15.5. The quantitative estimate of drug-likeness (QED) is 0.632. The molecule has 3 aromatic rings. The molecule has 0 aliphatic carbocycles. The van der Waals surface area contributed by atoms with Gasteiger partial charge in [-0.25, -0.2) is 4.39 Å². The van der Waals surface area contributed by atoms with Gasteiger partial charge in [-0.2, -0.15) is 0 Å². The van der Waals surface area contributed by atoms with E-state index in [1.165, 1.54) is 23.9 Å². The van der Waals surface area contributed by atoms with Crippen LogP contribution in [0, 0.1) is 5.82 Å². The molecule has 4 nitrogen and oxygen atoms in total. The molecule has 0 aliphatic heterocycles. The predicted octanol–water partition coefficient (Wildman–Crippen LogP) is 4.33. The molecule has 0 bridgehead atoms. The van der Waals surface area contributed by atoms with E-state index < -0.39 is 5.54 Å². The van der Waals surface area contributed by atoms with Crippen LogP contribution in [0.3, 0.4) is 0 Å². The molecule has 0 aliphatic rings. The Balaban J connectivity index is 1.86. The van der Waals surface area contributed by atoms with Crippen molar-refractivity contribution in [1.29, 1.82) is 0 Å². The summed E-state index contributed by atoms with van der Waals surface area (Å²) >= 11 is 1.53. The van der Waals surface area contributed by atoms with E-state index in [4.69, 9.17) is 10.2 Å². The third-order valence-electron chi connectivity index (χ3n) is 3.81. The Labute approximate surface area is 155 Å². The Bertz CT molecular complexity index is 914. The number of benzene rings is 2. The lowest BCUT2D eigenvalue weighted by Gasteiger charge is -2.18. The topological polar surface area (TPSA) is 68.3 Å². The van der Waals surface area contributed by atoms with Crippen molar-refractivity contribution in [2.24, 2.45) is 5.73 Å². The Morgan fingerprint density at radius 2 is 1.88 bits per heavy atom. The molecule has 0 radical (unpaired) electrons. The lowest BCUT2D eigenvalue weighted by molar-refractivity contribution is 0.0919. The maximum Gasteiger partial charge on any atom is 0.287 e. The van der Waals surface area contributed by atoms with Crippen LogP contribution in [0.4, 0.5) is 4.39 Å². The predicted molar refractivity (Wildman–Crippen MR) is 103 cm³/mol. The molecule has 26 heavy (non-hydrogen) atoms. The minimum absolute atomic E-state index is 0.271. The fraction of sp³-hybridized carbons (Fsp3) is 0.250. The van der Waals surface area contributed by atoms with Crippen LogP contribution in [0.1, 0.15) is 30.0 Å². The first-order valence-electron chi connectivity index (χ1n) is 8.29. The van der Waals surface area contributed by atoms with E-state index in [1.54, 1.807) is 12.1 Å². The van der Waals surface area contributed by atoms with E-state index >= 15 is 0 Å². The normalized spacial score (nSPS) is 11.7. The first-order chi connectivity index (χ1) is 12.3. The van der Waals surface area contributed by atoms with Crippen LogP contribution in [-0.4, -0.2) is 18.0 Å². The van der Waals surface area contributed by atoms with E-state index in [0.29, 0.717) is 23.6 Å². The van der Waals surface area contributed by atoms with E-state index in [-0.39, 0.29) is 11.7 Å². The van der Waals surface area contributed by atoms with Crippen molar-refractivity contribution in [3.8, 4) is 0 Å². The van der Waals surface area contributed by atoms with Crippen molar-refractivity contribution in [2.75, 3.05) is 6.54 Å². The summed E-state index contributed by atoms with van der Waals surface area (Å²) in [6.45, 7) is 4.03. The summed E-state index contributed by atoms with van der Waals surface area (Å²) in [7, 11) is 0. The fourth-order valence-electron chi connectivity index (χ4n) is 2.50. The number of furan rings is 1. The fourth-order valence-corrected chi connectivity index (χ4v) is 3.43. The number of halogens is 1. The van der Waals surface area contributed by atoms with Gasteiger partial charge >= 0.3 is 0 Å². The first kappa shape index (κ1) is 18.5. The number of hydrogen-bond donors (Lipinski definition) is 2. The minimum atomic E-state index is -0.509. The van der Waals surface area contributed by atoms with Crippen LogP contribution in [0.5, 0.6) is 0 Å². The number of fused-ring (bicyclic) bond motifs is 1. The number of nitrogens with two attached hydrogens (primary N) is 1. The van der Waals surface area contributed by atoms with Gasteiger partial charge in [0.2, 0.25) is 0 Å². The Morgan fingerprint density at radius 3 is 2.58 bits per heavy atom. The summed E-state index contributed by atoms with van der Waals surface area (Å²) in [6.07, 6.45) is 0. The van der Waals surface area contributed by atoms with Crippen LogP contribution < -0.4 is 11.1 Å². The number of hydrogen-bond acceptors (Lipinski definition) is 4. The molecule has 136 valence electrons. The van der Waals surface area contributed by atoms with Gasteiger partial charge in [-0.15, -0.1) is 11.8 Å². The molecule has 2 aromatic carbocycles. The number of amides is 1. The highest BCUT2D eigenvalue weighted by atomic mass is 32.2. The third-order valence-corrected chi connectivity index (χ3v) is 4.84. The van der Waals surface area contributed by atoms with Crippen LogP contribution in [-0.2, 0) is 5.75 Å². The summed E-state index contributed by atoms with van der Waals surface area (Å²) in [5.41, 5.74) is 6.92. The monoisotopic (exact) mass is 372 g/mol. The van der Waals surface area contributed by atoms with Gasteiger partial charge in [-0.1, -0.05) is 18.2 Å². The van der Waals surface area contributed by atoms with Gasteiger partial charge in [0.15, 0.2) is 5.76 Å². The van der Waals surface area contributed by atoms with Crippen molar-refractivity contribution >= 4 is 28.6 Å². The highest BCUT2D eigenvalue weighted by Crippen LogP contribution is 2.32. The maximum atomic E-state index is 13.1. The van der Waals surface area contributed by atoms with Crippen molar-refractivity contribution in [3.63, 3.8) is 0 Å². The number of nitrogens with one attached hydrogen (secondary N) is 1. The molecule has 0 saturated heterocycles. The van der Waals surface area contributed by atoms with Crippen LogP contribution in [0.15, 0.2) is 57.8 Å². The second-order valence-corrected chi connectivity index (χ2v) is 7.87. The molecule has 6 heteroatoms. The molecule has 1 aromatic heterocycles. The lowest BCUT2D eigenvalue weighted by atomic mass is 10.1. The highest BCUT2D eigenvalue weighted by Gasteiger charge is 2.22. The molecule has 0 fully saturated rings. The smallest absolute Gasteiger partial charge is 0.287 e. The van der Waals surface area contributed by atoms with Gasteiger partial charge in [-0.3, -0.25) is 4.79 Å². The molecule has 0 atom stereocenters. The van der Waals surface area contributed by atoms with Crippen LogP contribution in [0.2, 0.25) is 0 Å². The van der Waals surface area contributed by atoms with Crippen molar-refractivity contribution in [3.05, 3.63) is 65.7 Å². The van der Waals surface area contributed by atoms with E-state index in [9.17, 15) is 9.18 Å². The maximum absolute atomic E-state index is 13.1. The van der Waals surface area contributed by atoms with E-state index in [2.05, 4.69) is 5.32 Å². The van der Waals surface area contributed by atoms with E-state index in [0.717, 1.165) is 15.8 Å². The number of rotatable bonds is 6. The largest absolute Gasteiger partial charge is 0.451 e. The average Bonchev–Trinajstić information content (AvgIpc) is 2.97. The van der Waals surface area contributed by atoms with Crippen molar-refractivity contribution in [1.82, 2.24) is 5.32 Å².